The molecule has 5 heteroatoms. The molecule has 1 saturated heterocycles. The average molecular weight is 247 g/mol. The summed E-state index contributed by atoms with van der Waals surface area (Å²) in [7, 11) is 0. The number of carbonyl (C=O) groups excluding carboxylic acids is 1. The fourth-order valence-electron chi connectivity index (χ4n) is 1.92. The van der Waals surface area contributed by atoms with Crippen LogP contribution in [0.5, 0.6) is 0 Å². The Morgan fingerprint density at radius 1 is 1.44 bits per heavy atom. The van der Waals surface area contributed by atoms with E-state index in [4.69, 9.17) is 9.94 Å². The standard InChI is InChI=1S/C13H13NO4/c15-8-11-6-7-14(12(11)13(16)17)18-9-10-4-2-1-3-5-10/h1-5,12H,6-7,9H2,(H,16,17)/t12-/m1/s1. The number of hydroxylamine groups is 2. The minimum absolute atomic E-state index is 0.232. The van der Waals surface area contributed by atoms with Crippen molar-refractivity contribution in [3.8, 4) is 0 Å². The third-order valence-corrected chi connectivity index (χ3v) is 2.82. The van der Waals surface area contributed by atoms with Crippen molar-refractivity contribution >= 4 is 11.9 Å². The normalized spacial score (nSPS) is 19.8. The first kappa shape index (κ1) is 12.5. The van der Waals surface area contributed by atoms with Gasteiger partial charge in [-0.05, 0) is 12.0 Å². The molecule has 18 heavy (non-hydrogen) atoms. The lowest BCUT2D eigenvalue weighted by Crippen LogP contribution is -2.36. The molecular weight excluding hydrogens is 234 g/mol. The summed E-state index contributed by atoms with van der Waals surface area (Å²) in [6.45, 7) is 0.686. The number of carboxylic acid groups (broad SMARTS) is 1. The minimum atomic E-state index is -1.08. The Hall–Kier alpha value is -1.94. The quantitative estimate of drug-likeness (QED) is 0.805. The Labute approximate surface area is 104 Å². The molecule has 0 unspecified atom stereocenters. The van der Waals surface area contributed by atoms with Gasteiger partial charge in [0.05, 0.1) is 6.61 Å². The van der Waals surface area contributed by atoms with Crippen molar-refractivity contribution in [3.05, 3.63) is 41.5 Å². The van der Waals surface area contributed by atoms with Gasteiger partial charge in [0.1, 0.15) is 5.94 Å². The van der Waals surface area contributed by atoms with Gasteiger partial charge in [0, 0.05) is 12.1 Å². The minimum Gasteiger partial charge on any atom is -0.480 e. The van der Waals surface area contributed by atoms with Crippen molar-refractivity contribution < 1.29 is 19.5 Å². The van der Waals surface area contributed by atoms with Gasteiger partial charge < -0.3 is 5.11 Å². The molecule has 0 aromatic heterocycles. The molecule has 1 heterocycles. The summed E-state index contributed by atoms with van der Waals surface area (Å²) >= 11 is 0. The summed E-state index contributed by atoms with van der Waals surface area (Å²) < 4.78 is 0. The second-order valence-electron chi connectivity index (χ2n) is 4.02. The van der Waals surface area contributed by atoms with E-state index in [-0.39, 0.29) is 12.2 Å². The average Bonchev–Trinajstić information content (AvgIpc) is 2.80. The summed E-state index contributed by atoms with van der Waals surface area (Å²) in [4.78, 5) is 27.2. The molecule has 1 atom stereocenters. The smallest absolute Gasteiger partial charge is 0.328 e. The predicted molar refractivity (Wildman–Crippen MR) is 63.2 cm³/mol. The van der Waals surface area contributed by atoms with Crippen LogP contribution in [0.3, 0.4) is 0 Å². The molecule has 0 spiro atoms. The molecule has 0 radical (unpaired) electrons. The topological polar surface area (TPSA) is 66.8 Å². The summed E-state index contributed by atoms with van der Waals surface area (Å²) in [5, 5.41) is 10.4. The molecule has 5 nitrogen and oxygen atoms in total. The molecule has 1 fully saturated rings. The second-order valence-corrected chi connectivity index (χ2v) is 4.02. The van der Waals surface area contributed by atoms with E-state index in [1.807, 2.05) is 30.3 Å². The number of benzene rings is 1. The SMILES string of the molecule is O=C=C1CCN(OCc2ccccc2)[C@H]1C(=O)O. The van der Waals surface area contributed by atoms with Crippen molar-refractivity contribution in [1.82, 2.24) is 5.06 Å². The molecule has 0 saturated carbocycles. The molecule has 1 N–H and O–H groups in total. The van der Waals surface area contributed by atoms with Crippen LogP contribution in [0, 0.1) is 0 Å². The van der Waals surface area contributed by atoms with Crippen LogP contribution in [0.25, 0.3) is 0 Å². The van der Waals surface area contributed by atoms with E-state index in [0.29, 0.717) is 13.0 Å². The van der Waals surface area contributed by atoms with E-state index < -0.39 is 12.0 Å². The van der Waals surface area contributed by atoms with E-state index in [1.54, 1.807) is 5.94 Å². The van der Waals surface area contributed by atoms with Crippen LogP contribution in [-0.4, -0.2) is 34.7 Å². The van der Waals surface area contributed by atoms with Gasteiger partial charge in [0.2, 0.25) is 0 Å². The number of carboxylic acids is 1. The lowest BCUT2D eigenvalue weighted by atomic mass is 10.1. The molecule has 1 aliphatic rings. The van der Waals surface area contributed by atoms with Gasteiger partial charge in [0.15, 0.2) is 6.04 Å². The molecule has 94 valence electrons. The fraction of sp³-hybridized carbons (Fsp3) is 0.308. The highest BCUT2D eigenvalue weighted by atomic mass is 16.7. The Balaban J connectivity index is 2.01. The maximum Gasteiger partial charge on any atom is 0.328 e. The highest BCUT2D eigenvalue weighted by Gasteiger charge is 2.37. The van der Waals surface area contributed by atoms with Gasteiger partial charge in [-0.25, -0.2) is 4.79 Å². The van der Waals surface area contributed by atoms with Crippen LogP contribution < -0.4 is 0 Å². The summed E-state index contributed by atoms with van der Waals surface area (Å²) in [6, 6.07) is 8.44. The molecule has 1 aliphatic heterocycles. The van der Waals surface area contributed by atoms with Crippen LogP contribution in [-0.2, 0) is 21.0 Å². The predicted octanol–water partition coefficient (Wildman–Crippen LogP) is 1.04. The number of hydrogen-bond acceptors (Lipinski definition) is 4. The lowest BCUT2D eigenvalue weighted by Gasteiger charge is -2.20. The Kier molecular flexibility index (Phi) is 3.89. The molecule has 2 rings (SSSR count). The number of rotatable bonds is 4. The fourth-order valence-corrected chi connectivity index (χ4v) is 1.92. The molecule has 1 aromatic rings. The van der Waals surface area contributed by atoms with E-state index in [1.165, 1.54) is 5.06 Å². The van der Waals surface area contributed by atoms with Gasteiger partial charge in [-0.3, -0.25) is 9.63 Å². The van der Waals surface area contributed by atoms with Crippen LogP contribution in [0.1, 0.15) is 12.0 Å². The summed E-state index contributed by atoms with van der Waals surface area (Å²) in [5.74, 6) is 0.603. The van der Waals surface area contributed by atoms with Crippen molar-refractivity contribution in [2.75, 3.05) is 6.54 Å². The van der Waals surface area contributed by atoms with Crippen molar-refractivity contribution in [2.24, 2.45) is 0 Å². The number of aliphatic carboxylic acids is 1. The maximum absolute atomic E-state index is 11.1. The third kappa shape index (κ3) is 2.65. The van der Waals surface area contributed by atoms with Crippen molar-refractivity contribution in [3.63, 3.8) is 0 Å². The van der Waals surface area contributed by atoms with Gasteiger partial charge in [-0.2, -0.15) is 5.06 Å². The molecule has 0 aliphatic carbocycles. The van der Waals surface area contributed by atoms with Crippen LogP contribution in [0.2, 0.25) is 0 Å². The third-order valence-electron chi connectivity index (χ3n) is 2.82. The van der Waals surface area contributed by atoms with Gasteiger partial charge >= 0.3 is 5.97 Å². The lowest BCUT2D eigenvalue weighted by molar-refractivity contribution is -0.189. The first-order valence-corrected chi connectivity index (χ1v) is 5.62. The van der Waals surface area contributed by atoms with Gasteiger partial charge in [0.25, 0.3) is 0 Å². The molecule has 0 amide bonds. The number of nitrogens with zero attached hydrogens (tertiary/aromatic N) is 1. The Morgan fingerprint density at radius 3 is 2.78 bits per heavy atom. The first-order valence-electron chi connectivity index (χ1n) is 5.62. The zero-order valence-electron chi connectivity index (χ0n) is 9.70. The van der Waals surface area contributed by atoms with E-state index in [9.17, 15) is 9.59 Å². The van der Waals surface area contributed by atoms with Crippen molar-refractivity contribution in [2.45, 2.75) is 19.1 Å². The zero-order chi connectivity index (χ0) is 13.0. The summed E-state index contributed by atoms with van der Waals surface area (Å²) in [5.41, 5.74) is 1.18. The van der Waals surface area contributed by atoms with E-state index in [2.05, 4.69) is 0 Å². The molecule has 1 aromatic carbocycles. The van der Waals surface area contributed by atoms with Crippen LogP contribution in [0.15, 0.2) is 35.9 Å². The highest BCUT2D eigenvalue weighted by Crippen LogP contribution is 2.22. The highest BCUT2D eigenvalue weighted by molar-refractivity contribution is 5.81. The second kappa shape index (κ2) is 5.60. The molecule has 0 bridgehead atoms. The zero-order valence-corrected chi connectivity index (χ0v) is 9.70. The monoisotopic (exact) mass is 247 g/mol. The number of hydrogen-bond donors (Lipinski definition) is 1. The van der Waals surface area contributed by atoms with Crippen LogP contribution in [0.4, 0.5) is 0 Å². The number of carbonyl (C=O) groups is 1. The molecular formula is C13H13NO4. The van der Waals surface area contributed by atoms with Crippen molar-refractivity contribution in [1.29, 1.82) is 0 Å². The van der Waals surface area contributed by atoms with E-state index in [0.717, 1.165) is 5.56 Å². The Morgan fingerprint density at radius 2 is 2.17 bits per heavy atom. The summed E-state index contributed by atoms with van der Waals surface area (Å²) in [6.07, 6.45) is 0.384. The van der Waals surface area contributed by atoms with Crippen LogP contribution >= 0.6 is 0 Å². The Bertz CT molecular complexity index is 479. The largest absolute Gasteiger partial charge is 0.480 e. The maximum atomic E-state index is 11.1. The first-order chi connectivity index (χ1) is 8.72. The van der Waals surface area contributed by atoms with Gasteiger partial charge in [-0.15, -0.1) is 0 Å². The van der Waals surface area contributed by atoms with Gasteiger partial charge in [-0.1, -0.05) is 30.3 Å². The van der Waals surface area contributed by atoms with E-state index >= 15 is 0 Å².